The van der Waals surface area contributed by atoms with Crippen LogP contribution in [0.3, 0.4) is 0 Å². The molecule has 1 spiro atoms. The summed E-state index contributed by atoms with van der Waals surface area (Å²) in [5.41, 5.74) is -0.364. The van der Waals surface area contributed by atoms with Crippen molar-refractivity contribution in [1.82, 2.24) is 0 Å². The summed E-state index contributed by atoms with van der Waals surface area (Å²) in [5.74, 6) is -1.33. The average molecular weight is 348 g/mol. The van der Waals surface area contributed by atoms with Crippen LogP contribution >= 0.6 is 0 Å². The molecule has 0 unspecified atom stereocenters. The van der Waals surface area contributed by atoms with Crippen LogP contribution in [-0.4, -0.2) is 44.2 Å². The molecule has 0 N–H and O–H groups in total. The highest BCUT2D eigenvalue weighted by atomic mass is 16.7. The van der Waals surface area contributed by atoms with Gasteiger partial charge in [-0.05, 0) is 31.9 Å². The highest BCUT2D eigenvalue weighted by Gasteiger charge is 2.51. The van der Waals surface area contributed by atoms with Gasteiger partial charge >= 0.3 is 11.9 Å². The van der Waals surface area contributed by atoms with Crippen LogP contribution in [0, 0.1) is 5.41 Å². The van der Waals surface area contributed by atoms with Crippen LogP contribution in [0.4, 0.5) is 0 Å². The van der Waals surface area contributed by atoms with E-state index in [1.165, 1.54) is 0 Å². The van der Waals surface area contributed by atoms with Crippen molar-refractivity contribution in [3.05, 3.63) is 35.9 Å². The Hall–Kier alpha value is -1.92. The van der Waals surface area contributed by atoms with Crippen LogP contribution < -0.4 is 0 Å². The summed E-state index contributed by atoms with van der Waals surface area (Å²) in [6.45, 7) is 3.24. The van der Waals surface area contributed by atoms with Crippen molar-refractivity contribution in [1.29, 1.82) is 0 Å². The average Bonchev–Trinajstić information content (AvgIpc) is 3.11. The maximum Gasteiger partial charge on any atom is 0.338 e. The van der Waals surface area contributed by atoms with Crippen LogP contribution in [0.1, 0.15) is 43.0 Å². The van der Waals surface area contributed by atoms with Crippen LogP contribution in [0.5, 0.6) is 0 Å². The smallest absolute Gasteiger partial charge is 0.338 e. The third-order valence-corrected chi connectivity index (χ3v) is 4.98. The summed E-state index contributed by atoms with van der Waals surface area (Å²) in [4.78, 5) is 24.8. The van der Waals surface area contributed by atoms with E-state index in [1.54, 1.807) is 31.2 Å². The van der Waals surface area contributed by atoms with Gasteiger partial charge in [0.1, 0.15) is 12.0 Å². The lowest BCUT2D eigenvalue weighted by molar-refractivity contribution is -0.202. The second kappa shape index (κ2) is 7.54. The van der Waals surface area contributed by atoms with Gasteiger partial charge in [-0.15, -0.1) is 0 Å². The molecule has 136 valence electrons. The number of hydrogen-bond acceptors (Lipinski definition) is 6. The van der Waals surface area contributed by atoms with E-state index in [1.807, 2.05) is 6.07 Å². The molecule has 6 heteroatoms. The Morgan fingerprint density at radius 2 is 1.64 bits per heavy atom. The molecule has 0 aromatic heterocycles. The van der Waals surface area contributed by atoms with Gasteiger partial charge in [-0.25, -0.2) is 4.79 Å². The highest BCUT2D eigenvalue weighted by Crippen LogP contribution is 2.45. The number of carbonyl (C=O) groups excluding carboxylic acids is 2. The predicted octanol–water partition coefficient (Wildman–Crippen LogP) is 2.71. The lowest BCUT2D eigenvalue weighted by atomic mass is 9.72. The summed E-state index contributed by atoms with van der Waals surface area (Å²) in [6.07, 6.45) is 2.20. The molecule has 2 aliphatic rings. The fraction of sp³-hybridized carbons (Fsp3) is 0.579. The fourth-order valence-corrected chi connectivity index (χ4v) is 3.45. The van der Waals surface area contributed by atoms with E-state index >= 15 is 0 Å². The Labute approximate surface area is 147 Å². The molecular formula is C19H24O6. The first-order valence-electron chi connectivity index (χ1n) is 8.77. The van der Waals surface area contributed by atoms with Crippen molar-refractivity contribution in [3.63, 3.8) is 0 Å². The molecule has 0 bridgehead atoms. The van der Waals surface area contributed by atoms with Gasteiger partial charge in [0.05, 0.1) is 25.4 Å². The molecular weight excluding hydrogens is 324 g/mol. The van der Waals surface area contributed by atoms with E-state index in [2.05, 4.69) is 0 Å². The highest BCUT2D eigenvalue weighted by molar-refractivity contribution is 5.89. The van der Waals surface area contributed by atoms with Gasteiger partial charge in [0.2, 0.25) is 0 Å². The van der Waals surface area contributed by atoms with Gasteiger partial charge in [-0.2, -0.15) is 0 Å². The first kappa shape index (κ1) is 17.9. The van der Waals surface area contributed by atoms with E-state index in [-0.39, 0.29) is 12.6 Å². The molecule has 1 aromatic carbocycles. The summed E-state index contributed by atoms with van der Waals surface area (Å²) in [5, 5.41) is 0. The van der Waals surface area contributed by atoms with Crippen molar-refractivity contribution in [3.8, 4) is 0 Å². The first-order chi connectivity index (χ1) is 12.1. The molecule has 1 aliphatic heterocycles. The fourth-order valence-electron chi connectivity index (χ4n) is 3.45. The molecule has 0 amide bonds. The third kappa shape index (κ3) is 3.85. The number of ether oxygens (including phenoxy) is 4. The third-order valence-electron chi connectivity index (χ3n) is 4.98. The second-order valence-electron chi connectivity index (χ2n) is 6.55. The molecule has 6 nitrogen and oxygen atoms in total. The molecule has 3 rings (SSSR count). The topological polar surface area (TPSA) is 71.1 Å². The normalized spacial score (nSPS) is 21.0. The molecule has 0 atom stereocenters. The second-order valence-corrected chi connectivity index (χ2v) is 6.55. The van der Waals surface area contributed by atoms with Crippen molar-refractivity contribution in [2.24, 2.45) is 5.41 Å². The number of carbonyl (C=O) groups is 2. The molecule has 1 saturated heterocycles. The maximum absolute atomic E-state index is 12.6. The van der Waals surface area contributed by atoms with Gasteiger partial charge < -0.3 is 18.9 Å². The number of rotatable bonds is 5. The molecule has 1 aromatic rings. The Balaban J connectivity index is 1.68. The van der Waals surface area contributed by atoms with Crippen molar-refractivity contribution in [2.75, 3.05) is 26.4 Å². The lowest BCUT2D eigenvalue weighted by Gasteiger charge is -2.41. The summed E-state index contributed by atoms with van der Waals surface area (Å²) >= 11 is 0. The largest absolute Gasteiger partial charge is 0.465 e. The number of benzene rings is 1. The molecule has 1 aliphatic carbocycles. The molecule has 2 fully saturated rings. The zero-order valence-electron chi connectivity index (χ0n) is 14.5. The van der Waals surface area contributed by atoms with E-state index in [4.69, 9.17) is 18.9 Å². The monoisotopic (exact) mass is 348 g/mol. The minimum absolute atomic E-state index is 0.00956. The van der Waals surface area contributed by atoms with Gasteiger partial charge in [-0.3, -0.25) is 4.79 Å². The van der Waals surface area contributed by atoms with Gasteiger partial charge in [-0.1, -0.05) is 18.2 Å². The van der Waals surface area contributed by atoms with Crippen molar-refractivity contribution < 1.29 is 28.5 Å². The zero-order valence-corrected chi connectivity index (χ0v) is 14.5. The Morgan fingerprint density at radius 3 is 2.24 bits per heavy atom. The van der Waals surface area contributed by atoms with Gasteiger partial charge in [0, 0.05) is 12.8 Å². The zero-order chi connectivity index (χ0) is 17.8. The predicted molar refractivity (Wildman–Crippen MR) is 88.9 cm³/mol. The van der Waals surface area contributed by atoms with Gasteiger partial charge in [0.25, 0.3) is 0 Å². The van der Waals surface area contributed by atoms with Crippen LogP contribution in [0.25, 0.3) is 0 Å². The van der Waals surface area contributed by atoms with E-state index in [9.17, 15) is 9.59 Å². The Kier molecular flexibility index (Phi) is 5.39. The lowest BCUT2D eigenvalue weighted by Crippen LogP contribution is -2.47. The first-order valence-corrected chi connectivity index (χ1v) is 8.77. The van der Waals surface area contributed by atoms with Crippen LogP contribution in [0.15, 0.2) is 30.3 Å². The Morgan fingerprint density at radius 1 is 1.00 bits per heavy atom. The van der Waals surface area contributed by atoms with E-state index in [0.717, 1.165) is 0 Å². The molecule has 1 heterocycles. The SMILES string of the molecule is CCOC(=O)C1(COC(=O)c2ccccc2)CCC2(CC1)OCCO2. The van der Waals surface area contributed by atoms with Gasteiger partial charge in [0.15, 0.2) is 5.79 Å². The maximum atomic E-state index is 12.6. The quantitative estimate of drug-likeness (QED) is 0.762. The van der Waals surface area contributed by atoms with Crippen LogP contribution in [0.2, 0.25) is 0 Å². The van der Waals surface area contributed by atoms with Crippen LogP contribution in [-0.2, 0) is 23.7 Å². The summed E-state index contributed by atoms with van der Waals surface area (Å²) < 4.78 is 22.2. The minimum atomic E-state index is -0.832. The number of hydrogen-bond donors (Lipinski definition) is 0. The number of esters is 2. The molecule has 25 heavy (non-hydrogen) atoms. The minimum Gasteiger partial charge on any atom is -0.465 e. The summed E-state index contributed by atoms with van der Waals surface area (Å²) in [6, 6.07) is 8.76. The standard InChI is InChI=1S/C19H24O6/c1-2-22-17(21)18(8-10-19(11-9-18)24-12-13-25-19)14-23-16(20)15-6-4-3-5-7-15/h3-7H,2,8-14H2,1H3. The Bertz CT molecular complexity index is 596. The summed E-state index contributed by atoms with van der Waals surface area (Å²) in [7, 11) is 0. The molecule has 0 radical (unpaired) electrons. The van der Waals surface area contributed by atoms with Crippen molar-refractivity contribution >= 4 is 11.9 Å². The molecule has 1 saturated carbocycles. The van der Waals surface area contributed by atoms with E-state index in [0.29, 0.717) is 51.1 Å². The van der Waals surface area contributed by atoms with E-state index < -0.39 is 17.2 Å². The van der Waals surface area contributed by atoms with Crippen molar-refractivity contribution in [2.45, 2.75) is 38.4 Å².